The molecule has 0 aliphatic rings. The van der Waals surface area contributed by atoms with Gasteiger partial charge in [0.05, 0.1) is 21.3 Å². The van der Waals surface area contributed by atoms with Crippen LogP contribution in [0.2, 0.25) is 0 Å². The van der Waals surface area contributed by atoms with E-state index >= 15 is 0 Å². The molecular weight excluding hydrogens is 336 g/mol. The van der Waals surface area contributed by atoms with Crippen molar-refractivity contribution in [1.29, 1.82) is 0 Å². The van der Waals surface area contributed by atoms with Gasteiger partial charge in [0.25, 0.3) is 0 Å². The summed E-state index contributed by atoms with van der Waals surface area (Å²) in [6.07, 6.45) is 0. The summed E-state index contributed by atoms with van der Waals surface area (Å²) in [6.45, 7) is 0. The Balaban J connectivity index is 2.44. The lowest BCUT2D eigenvalue weighted by Gasteiger charge is -2.10. The van der Waals surface area contributed by atoms with Gasteiger partial charge < -0.3 is 14.2 Å². The number of carbonyl (C=O) groups excluding carboxylic acids is 1. The number of ether oxygens (including phenoxy) is 3. The minimum Gasteiger partial charge on any atom is -0.497 e. The molecule has 4 nitrogen and oxygen atoms in total. The second-order valence-corrected chi connectivity index (χ2v) is 5.10. The van der Waals surface area contributed by atoms with Crippen LogP contribution in [0.5, 0.6) is 17.2 Å². The lowest BCUT2D eigenvalue weighted by Crippen LogP contribution is -2.04. The highest BCUT2D eigenvalue weighted by atomic mass is 79.9. The molecule has 2 aromatic rings. The van der Waals surface area contributed by atoms with Crippen LogP contribution in [-0.4, -0.2) is 27.1 Å². The van der Waals surface area contributed by atoms with Gasteiger partial charge in [-0.2, -0.15) is 0 Å². The molecular formula is C16H15BrO4. The van der Waals surface area contributed by atoms with Crippen molar-refractivity contribution in [3.8, 4) is 17.2 Å². The fraction of sp³-hybridized carbons (Fsp3) is 0.188. The third-order valence-electron chi connectivity index (χ3n) is 3.06. The summed E-state index contributed by atoms with van der Waals surface area (Å²) in [5.41, 5.74) is 1.04. The molecule has 0 heterocycles. The van der Waals surface area contributed by atoms with Crippen molar-refractivity contribution in [3.05, 3.63) is 52.0 Å². The SMILES string of the molecule is COc1ccc(Br)c(C(=O)c2ccc(OC)c(OC)c2)c1. The van der Waals surface area contributed by atoms with Crippen LogP contribution in [0.3, 0.4) is 0 Å². The van der Waals surface area contributed by atoms with E-state index in [1.807, 2.05) is 0 Å². The first kappa shape index (κ1) is 15.4. The Morgan fingerprint density at radius 2 is 1.62 bits per heavy atom. The third kappa shape index (κ3) is 3.19. The van der Waals surface area contributed by atoms with Gasteiger partial charge in [-0.25, -0.2) is 0 Å². The van der Waals surface area contributed by atoms with E-state index in [0.29, 0.717) is 32.8 Å². The third-order valence-corrected chi connectivity index (χ3v) is 3.76. The number of hydrogen-bond donors (Lipinski definition) is 0. The first-order valence-electron chi connectivity index (χ1n) is 6.21. The van der Waals surface area contributed by atoms with E-state index in [1.54, 1.807) is 50.6 Å². The highest BCUT2D eigenvalue weighted by Crippen LogP contribution is 2.30. The normalized spacial score (nSPS) is 10.1. The Kier molecular flexibility index (Phi) is 4.85. The lowest BCUT2D eigenvalue weighted by atomic mass is 10.0. The van der Waals surface area contributed by atoms with E-state index in [2.05, 4.69) is 15.9 Å². The van der Waals surface area contributed by atoms with Crippen molar-refractivity contribution < 1.29 is 19.0 Å². The molecule has 2 rings (SSSR count). The van der Waals surface area contributed by atoms with Crippen LogP contribution in [0, 0.1) is 0 Å². The number of benzene rings is 2. The van der Waals surface area contributed by atoms with E-state index in [9.17, 15) is 4.79 Å². The Labute approximate surface area is 131 Å². The average molecular weight is 351 g/mol. The molecule has 110 valence electrons. The summed E-state index contributed by atoms with van der Waals surface area (Å²) < 4.78 is 16.3. The van der Waals surface area contributed by atoms with E-state index in [0.717, 1.165) is 0 Å². The second-order valence-electron chi connectivity index (χ2n) is 4.24. The van der Waals surface area contributed by atoms with Crippen molar-refractivity contribution >= 4 is 21.7 Å². The topological polar surface area (TPSA) is 44.8 Å². The number of rotatable bonds is 5. The van der Waals surface area contributed by atoms with Gasteiger partial charge in [0.1, 0.15) is 5.75 Å². The van der Waals surface area contributed by atoms with Crippen LogP contribution < -0.4 is 14.2 Å². The van der Waals surface area contributed by atoms with E-state index < -0.39 is 0 Å². The Hall–Kier alpha value is -2.01. The number of hydrogen-bond acceptors (Lipinski definition) is 4. The molecule has 0 saturated carbocycles. The van der Waals surface area contributed by atoms with Gasteiger partial charge in [-0.1, -0.05) is 15.9 Å². The molecule has 0 radical (unpaired) electrons. The minimum atomic E-state index is -0.123. The monoisotopic (exact) mass is 350 g/mol. The number of methoxy groups -OCH3 is 3. The molecule has 0 saturated heterocycles. The van der Waals surface area contributed by atoms with Crippen LogP contribution in [0.15, 0.2) is 40.9 Å². The molecule has 21 heavy (non-hydrogen) atoms. The Bertz CT molecular complexity index is 667. The summed E-state index contributed by atoms with van der Waals surface area (Å²) in [7, 11) is 4.65. The van der Waals surface area contributed by atoms with Crippen molar-refractivity contribution in [3.63, 3.8) is 0 Å². The molecule has 0 unspecified atom stereocenters. The molecule has 0 aliphatic heterocycles. The molecule has 5 heteroatoms. The zero-order valence-electron chi connectivity index (χ0n) is 12.0. The molecule has 0 aromatic heterocycles. The number of carbonyl (C=O) groups is 1. The first-order chi connectivity index (χ1) is 10.1. The zero-order chi connectivity index (χ0) is 15.4. The van der Waals surface area contributed by atoms with Gasteiger partial charge in [-0.3, -0.25) is 4.79 Å². The maximum Gasteiger partial charge on any atom is 0.194 e. The van der Waals surface area contributed by atoms with Gasteiger partial charge in [-0.05, 0) is 36.4 Å². The highest BCUT2D eigenvalue weighted by Gasteiger charge is 2.16. The summed E-state index contributed by atoms with van der Waals surface area (Å²) in [5, 5.41) is 0. The molecule has 0 amide bonds. The second kappa shape index (κ2) is 6.63. The smallest absolute Gasteiger partial charge is 0.194 e. The predicted molar refractivity (Wildman–Crippen MR) is 83.7 cm³/mol. The van der Waals surface area contributed by atoms with Crippen LogP contribution in [0.4, 0.5) is 0 Å². The summed E-state index contributed by atoms with van der Waals surface area (Å²) in [6, 6.07) is 10.3. The van der Waals surface area contributed by atoms with Crippen LogP contribution in [0.25, 0.3) is 0 Å². The van der Waals surface area contributed by atoms with E-state index in [-0.39, 0.29) is 5.78 Å². The molecule has 0 fully saturated rings. The van der Waals surface area contributed by atoms with Crippen LogP contribution in [0.1, 0.15) is 15.9 Å². The minimum absolute atomic E-state index is 0.123. The van der Waals surface area contributed by atoms with Gasteiger partial charge in [0.2, 0.25) is 0 Å². The number of halogens is 1. The fourth-order valence-corrected chi connectivity index (χ4v) is 2.37. The number of ketones is 1. The molecule has 0 N–H and O–H groups in total. The lowest BCUT2D eigenvalue weighted by molar-refractivity contribution is 0.103. The quantitative estimate of drug-likeness (QED) is 0.771. The molecule has 0 bridgehead atoms. The molecule has 2 aromatic carbocycles. The highest BCUT2D eigenvalue weighted by molar-refractivity contribution is 9.10. The van der Waals surface area contributed by atoms with Gasteiger partial charge in [-0.15, -0.1) is 0 Å². The van der Waals surface area contributed by atoms with Crippen molar-refractivity contribution in [2.45, 2.75) is 0 Å². The summed E-state index contributed by atoms with van der Waals surface area (Å²) in [4.78, 5) is 12.6. The molecule has 0 atom stereocenters. The largest absolute Gasteiger partial charge is 0.497 e. The van der Waals surface area contributed by atoms with Crippen molar-refractivity contribution in [1.82, 2.24) is 0 Å². The Morgan fingerprint density at radius 3 is 2.24 bits per heavy atom. The van der Waals surface area contributed by atoms with Crippen molar-refractivity contribution in [2.75, 3.05) is 21.3 Å². The maximum atomic E-state index is 12.6. The first-order valence-corrected chi connectivity index (χ1v) is 7.00. The van der Waals surface area contributed by atoms with E-state index in [1.165, 1.54) is 7.11 Å². The predicted octanol–water partition coefficient (Wildman–Crippen LogP) is 3.71. The maximum absolute atomic E-state index is 12.6. The van der Waals surface area contributed by atoms with Gasteiger partial charge >= 0.3 is 0 Å². The molecule has 0 aliphatic carbocycles. The zero-order valence-corrected chi connectivity index (χ0v) is 13.6. The molecule has 0 spiro atoms. The Morgan fingerprint density at radius 1 is 0.905 bits per heavy atom. The van der Waals surface area contributed by atoms with Gasteiger partial charge in [0, 0.05) is 15.6 Å². The summed E-state index contributed by atoms with van der Waals surface area (Å²) in [5.74, 6) is 1.60. The summed E-state index contributed by atoms with van der Waals surface area (Å²) >= 11 is 3.39. The standard InChI is InChI=1S/C16H15BrO4/c1-19-11-5-6-13(17)12(9-11)16(18)10-4-7-14(20-2)15(8-10)21-3/h4-9H,1-3H3. The van der Waals surface area contributed by atoms with Crippen molar-refractivity contribution in [2.24, 2.45) is 0 Å². The van der Waals surface area contributed by atoms with Gasteiger partial charge in [0.15, 0.2) is 17.3 Å². The fourth-order valence-electron chi connectivity index (χ4n) is 1.94. The van der Waals surface area contributed by atoms with Crippen LogP contribution >= 0.6 is 15.9 Å². The average Bonchev–Trinajstić information content (AvgIpc) is 2.54. The van der Waals surface area contributed by atoms with Crippen LogP contribution in [-0.2, 0) is 0 Å². The van der Waals surface area contributed by atoms with E-state index in [4.69, 9.17) is 14.2 Å².